The molecule has 76 valence electrons. The van der Waals surface area contributed by atoms with E-state index in [1.807, 2.05) is 0 Å². The van der Waals surface area contributed by atoms with Gasteiger partial charge in [0.15, 0.2) is 0 Å². The molecule has 0 aromatic heterocycles. The van der Waals surface area contributed by atoms with Crippen LogP contribution in [0.1, 0.15) is 19.3 Å². The van der Waals surface area contributed by atoms with Gasteiger partial charge in [-0.1, -0.05) is 0 Å². The zero-order valence-electron chi connectivity index (χ0n) is 8.33. The van der Waals surface area contributed by atoms with E-state index in [9.17, 15) is 0 Å². The second-order valence-electron chi connectivity index (χ2n) is 4.61. The molecule has 2 aliphatic heterocycles. The summed E-state index contributed by atoms with van der Waals surface area (Å²) in [4.78, 5) is 2.27. The maximum Gasteiger partial charge on any atom is 0.0586 e. The van der Waals surface area contributed by atoms with Crippen LogP contribution in [-0.4, -0.2) is 49.5 Å². The van der Waals surface area contributed by atoms with Crippen LogP contribution >= 0.6 is 0 Å². The molecule has 0 saturated carbocycles. The average molecular weight is 185 g/mol. The standard InChI is InChI=1S/C10H19NO2/c1-11-7-10(5-9(11)6-12)3-2-4-13-8-10/h9,12H,2-8H2,1H3/t9-,10-/m0/s1. The second kappa shape index (κ2) is 3.56. The van der Waals surface area contributed by atoms with Crippen molar-refractivity contribution in [2.24, 2.45) is 5.41 Å². The number of likely N-dealkylation sites (N-methyl/N-ethyl adjacent to an activating group) is 1. The predicted octanol–water partition coefficient (Wildman–Crippen LogP) is 0.480. The third kappa shape index (κ3) is 1.73. The van der Waals surface area contributed by atoms with Crippen molar-refractivity contribution < 1.29 is 9.84 Å². The van der Waals surface area contributed by atoms with Crippen LogP contribution in [0.5, 0.6) is 0 Å². The van der Waals surface area contributed by atoms with Crippen LogP contribution in [0.25, 0.3) is 0 Å². The lowest BCUT2D eigenvalue weighted by molar-refractivity contribution is -0.00151. The maximum absolute atomic E-state index is 9.17. The molecule has 2 heterocycles. The minimum atomic E-state index is 0.290. The first-order chi connectivity index (χ1) is 6.26. The summed E-state index contributed by atoms with van der Waals surface area (Å²) in [6, 6.07) is 0.363. The molecule has 2 rings (SSSR count). The molecule has 0 aromatic carbocycles. The van der Waals surface area contributed by atoms with Gasteiger partial charge in [-0.25, -0.2) is 0 Å². The van der Waals surface area contributed by atoms with E-state index in [0.29, 0.717) is 11.5 Å². The molecule has 0 aromatic rings. The number of nitrogens with zero attached hydrogens (tertiary/aromatic N) is 1. The van der Waals surface area contributed by atoms with Crippen LogP contribution in [0, 0.1) is 5.41 Å². The predicted molar refractivity (Wildman–Crippen MR) is 50.6 cm³/mol. The van der Waals surface area contributed by atoms with Crippen molar-refractivity contribution in [1.82, 2.24) is 4.90 Å². The number of aliphatic hydroxyl groups is 1. The quantitative estimate of drug-likeness (QED) is 0.645. The van der Waals surface area contributed by atoms with Crippen molar-refractivity contribution in [3.8, 4) is 0 Å². The molecule has 0 unspecified atom stereocenters. The van der Waals surface area contributed by atoms with Gasteiger partial charge in [0.1, 0.15) is 0 Å². The summed E-state index contributed by atoms with van der Waals surface area (Å²) in [5, 5.41) is 9.17. The summed E-state index contributed by atoms with van der Waals surface area (Å²) in [5.41, 5.74) is 0.362. The lowest BCUT2D eigenvalue weighted by atomic mass is 9.80. The molecule has 0 aliphatic carbocycles. The summed E-state index contributed by atoms with van der Waals surface area (Å²) < 4.78 is 5.54. The first kappa shape index (κ1) is 9.44. The van der Waals surface area contributed by atoms with Gasteiger partial charge in [-0.3, -0.25) is 0 Å². The number of likely N-dealkylation sites (tertiary alicyclic amines) is 1. The Bertz CT molecular complexity index is 178. The zero-order valence-corrected chi connectivity index (χ0v) is 8.33. The Hall–Kier alpha value is -0.120. The molecule has 13 heavy (non-hydrogen) atoms. The molecule has 1 spiro atoms. The van der Waals surface area contributed by atoms with E-state index in [0.717, 1.165) is 26.2 Å². The van der Waals surface area contributed by atoms with E-state index in [1.165, 1.54) is 12.8 Å². The minimum absolute atomic E-state index is 0.290. The minimum Gasteiger partial charge on any atom is -0.395 e. The van der Waals surface area contributed by atoms with E-state index >= 15 is 0 Å². The third-order valence-electron chi connectivity index (χ3n) is 3.49. The highest BCUT2D eigenvalue weighted by atomic mass is 16.5. The fraction of sp³-hybridized carbons (Fsp3) is 1.00. The van der Waals surface area contributed by atoms with Crippen molar-refractivity contribution in [3.05, 3.63) is 0 Å². The summed E-state index contributed by atoms with van der Waals surface area (Å²) >= 11 is 0. The van der Waals surface area contributed by atoms with Gasteiger partial charge in [0.05, 0.1) is 13.2 Å². The van der Waals surface area contributed by atoms with Gasteiger partial charge in [-0.05, 0) is 26.3 Å². The zero-order chi connectivity index (χ0) is 9.31. The maximum atomic E-state index is 9.17. The van der Waals surface area contributed by atoms with Gasteiger partial charge in [0, 0.05) is 24.6 Å². The number of hydrogen-bond donors (Lipinski definition) is 1. The van der Waals surface area contributed by atoms with Crippen LogP contribution in [0.3, 0.4) is 0 Å². The first-order valence-electron chi connectivity index (χ1n) is 5.15. The highest BCUT2D eigenvalue weighted by molar-refractivity contribution is 4.95. The molecular formula is C10H19NO2. The van der Waals surface area contributed by atoms with Crippen molar-refractivity contribution in [3.63, 3.8) is 0 Å². The fourth-order valence-electron chi connectivity index (χ4n) is 2.78. The van der Waals surface area contributed by atoms with Crippen LogP contribution in [0.4, 0.5) is 0 Å². The summed E-state index contributed by atoms with van der Waals surface area (Å²) in [5.74, 6) is 0. The Morgan fingerprint density at radius 2 is 2.46 bits per heavy atom. The molecule has 2 atom stereocenters. The number of aliphatic hydroxyl groups excluding tert-OH is 1. The van der Waals surface area contributed by atoms with E-state index < -0.39 is 0 Å². The van der Waals surface area contributed by atoms with E-state index in [2.05, 4.69) is 11.9 Å². The second-order valence-corrected chi connectivity index (χ2v) is 4.61. The Labute approximate surface area is 79.7 Å². The Morgan fingerprint density at radius 1 is 1.62 bits per heavy atom. The van der Waals surface area contributed by atoms with Gasteiger partial charge in [0.25, 0.3) is 0 Å². The highest BCUT2D eigenvalue weighted by Crippen LogP contribution is 2.40. The molecule has 1 N–H and O–H groups in total. The van der Waals surface area contributed by atoms with Gasteiger partial charge < -0.3 is 14.7 Å². The Kier molecular flexibility index (Phi) is 2.58. The molecule has 0 radical (unpaired) electrons. The largest absolute Gasteiger partial charge is 0.395 e. The third-order valence-corrected chi connectivity index (χ3v) is 3.49. The van der Waals surface area contributed by atoms with Crippen molar-refractivity contribution in [1.29, 1.82) is 0 Å². The first-order valence-corrected chi connectivity index (χ1v) is 5.15. The topological polar surface area (TPSA) is 32.7 Å². The van der Waals surface area contributed by atoms with Gasteiger partial charge in [-0.15, -0.1) is 0 Å². The Morgan fingerprint density at radius 3 is 3.00 bits per heavy atom. The molecule has 3 nitrogen and oxygen atoms in total. The molecule has 3 heteroatoms. The smallest absolute Gasteiger partial charge is 0.0586 e. The van der Waals surface area contributed by atoms with Crippen LogP contribution in [0.15, 0.2) is 0 Å². The highest BCUT2D eigenvalue weighted by Gasteiger charge is 2.43. The average Bonchev–Trinajstić information content (AvgIpc) is 2.44. The lowest BCUT2D eigenvalue weighted by Crippen LogP contribution is -2.34. The lowest BCUT2D eigenvalue weighted by Gasteiger charge is -2.32. The van der Waals surface area contributed by atoms with Crippen molar-refractivity contribution in [2.75, 3.05) is 33.4 Å². The fourth-order valence-corrected chi connectivity index (χ4v) is 2.78. The Balaban J connectivity index is 2.01. The van der Waals surface area contributed by atoms with E-state index in [1.54, 1.807) is 0 Å². The van der Waals surface area contributed by atoms with E-state index in [4.69, 9.17) is 9.84 Å². The molecule has 2 fully saturated rings. The molecule has 0 bridgehead atoms. The van der Waals surface area contributed by atoms with Gasteiger partial charge in [0.2, 0.25) is 0 Å². The number of ether oxygens (including phenoxy) is 1. The van der Waals surface area contributed by atoms with Crippen molar-refractivity contribution >= 4 is 0 Å². The summed E-state index contributed by atoms with van der Waals surface area (Å²) in [7, 11) is 2.10. The normalized spacial score (nSPS) is 41.5. The van der Waals surface area contributed by atoms with Crippen LogP contribution < -0.4 is 0 Å². The van der Waals surface area contributed by atoms with E-state index in [-0.39, 0.29) is 6.61 Å². The number of rotatable bonds is 1. The van der Waals surface area contributed by atoms with Gasteiger partial charge in [-0.2, -0.15) is 0 Å². The number of hydrogen-bond acceptors (Lipinski definition) is 3. The molecular weight excluding hydrogens is 166 g/mol. The molecule has 2 saturated heterocycles. The SMILES string of the molecule is CN1C[C@]2(CCCOC2)C[C@H]1CO. The molecule has 0 amide bonds. The van der Waals surface area contributed by atoms with Crippen LogP contribution in [0.2, 0.25) is 0 Å². The summed E-state index contributed by atoms with van der Waals surface area (Å²) in [6.45, 7) is 3.21. The molecule has 2 aliphatic rings. The monoisotopic (exact) mass is 185 g/mol. The summed E-state index contributed by atoms with van der Waals surface area (Å²) in [6.07, 6.45) is 3.57. The van der Waals surface area contributed by atoms with Gasteiger partial charge >= 0.3 is 0 Å². The van der Waals surface area contributed by atoms with Crippen LogP contribution in [-0.2, 0) is 4.74 Å². The van der Waals surface area contributed by atoms with Crippen molar-refractivity contribution in [2.45, 2.75) is 25.3 Å².